The number of thiophene rings is 1. The van der Waals surface area contributed by atoms with Gasteiger partial charge in [0.15, 0.2) is 0 Å². The molecule has 0 atom stereocenters. The van der Waals surface area contributed by atoms with Crippen molar-refractivity contribution in [3.63, 3.8) is 0 Å². The lowest BCUT2D eigenvalue weighted by molar-refractivity contribution is -0.00569. The number of hydrogen-bond donors (Lipinski definition) is 1. The maximum Gasteiger partial charge on any atom is 0.138 e. The lowest BCUT2D eigenvalue weighted by Crippen LogP contribution is -2.53. The molecule has 1 aliphatic rings. The summed E-state index contributed by atoms with van der Waals surface area (Å²) in [4.78, 5) is 12.5. The van der Waals surface area contributed by atoms with Gasteiger partial charge < -0.3 is 10.1 Å². The van der Waals surface area contributed by atoms with Crippen molar-refractivity contribution < 1.29 is 4.74 Å². The highest BCUT2D eigenvalue weighted by atomic mass is 32.1. The van der Waals surface area contributed by atoms with Crippen molar-refractivity contribution in [1.29, 1.82) is 0 Å². The summed E-state index contributed by atoms with van der Waals surface area (Å²) in [5, 5.41) is 6.88. The van der Waals surface area contributed by atoms with E-state index in [0.717, 1.165) is 48.9 Å². The normalized spacial score (nSPS) is 16.1. The Bertz CT molecular complexity index is 872. The number of nitrogens with zero attached hydrogens (tertiary/aromatic N) is 3. The average molecular weight is 369 g/mol. The Hall–Kier alpha value is -2.02. The van der Waals surface area contributed by atoms with Crippen LogP contribution in [0.1, 0.15) is 13.8 Å². The van der Waals surface area contributed by atoms with Crippen molar-refractivity contribution in [1.82, 2.24) is 14.9 Å². The number of anilines is 1. The number of ether oxygens (including phenoxy) is 1. The zero-order valence-corrected chi connectivity index (χ0v) is 16.1. The van der Waals surface area contributed by atoms with Gasteiger partial charge in [-0.2, -0.15) is 0 Å². The van der Waals surface area contributed by atoms with Crippen LogP contribution in [0, 0.1) is 0 Å². The van der Waals surface area contributed by atoms with E-state index in [1.54, 1.807) is 17.7 Å². The Morgan fingerprint density at radius 3 is 2.69 bits per heavy atom. The first-order chi connectivity index (χ1) is 12.6. The van der Waals surface area contributed by atoms with E-state index in [4.69, 9.17) is 4.74 Å². The summed E-state index contributed by atoms with van der Waals surface area (Å²) in [6, 6.07) is 10.4. The van der Waals surface area contributed by atoms with Gasteiger partial charge in [-0.25, -0.2) is 9.97 Å². The standard InChI is InChI=1S/C20H24N4OS/c1-20(2,24-8-10-25-11-9-24)13-21-18-17-16(15-6-4-3-5-7-15)12-26-19(17)23-14-22-18/h3-7,12,14H,8-11,13H2,1-2H3,(H,21,22,23). The van der Waals surface area contributed by atoms with Crippen LogP contribution in [0.5, 0.6) is 0 Å². The molecule has 26 heavy (non-hydrogen) atoms. The van der Waals surface area contributed by atoms with Crippen LogP contribution >= 0.6 is 11.3 Å². The first-order valence-corrected chi connectivity index (χ1v) is 9.87. The Kier molecular flexibility index (Phi) is 4.89. The lowest BCUT2D eigenvalue weighted by atomic mass is 10.0. The summed E-state index contributed by atoms with van der Waals surface area (Å²) >= 11 is 1.67. The van der Waals surface area contributed by atoms with Gasteiger partial charge >= 0.3 is 0 Å². The third-order valence-corrected chi connectivity index (χ3v) is 5.90. The molecule has 1 saturated heterocycles. The minimum Gasteiger partial charge on any atom is -0.379 e. The molecule has 1 N–H and O–H groups in total. The zero-order chi connectivity index (χ0) is 18.0. The van der Waals surface area contributed by atoms with Crippen molar-refractivity contribution in [2.24, 2.45) is 0 Å². The zero-order valence-electron chi connectivity index (χ0n) is 15.2. The first kappa shape index (κ1) is 17.4. The molecule has 2 aromatic heterocycles. The van der Waals surface area contributed by atoms with Gasteiger partial charge in [-0.3, -0.25) is 4.90 Å². The Morgan fingerprint density at radius 2 is 1.92 bits per heavy atom. The average Bonchev–Trinajstić information content (AvgIpc) is 3.13. The third kappa shape index (κ3) is 3.45. The highest BCUT2D eigenvalue weighted by Crippen LogP contribution is 2.36. The van der Waals surface area contributed by atoms with Crippen molar-refractivity contribution in [2.45, 2.75) is 19.4 Å². The molecule has 0 spiro atoms. The lowest BCUT2D eigenvalue weighted by Gasteiger charge is -2.41. The molecule has 3 aromatic rings. The summed E-state index contributed by atoms with van der Waals surface area (Å²) in [5.41, 5.74) is 2.42. The summed E-state index contributed by atoms with van der Waals surface area (Å²) in [7, 11) is 0. The summed E-state index contributed by atoms with van der Waals surface area (Å²) in [5.74, 6) is 0.913. The molecule has 6 heteroatoms. The highest BCUT2D eigenvalue weighted by molar-refractivity contribution is 7.17. The van der Waals surface area contributed by atoms with Crippen LogP contribution in [0.2, 0.25) is 0 Å². The quantitative estimate of drug-likeness (QED) is 0.741. The van der Waals surface area contributed by atoms with E-state index in [9.17, 15) is 0 Å². The molecule has 1 aliphatic heterocycles. The number of benzene rings is 1. The fourth-order valence-electron chi connectivity index (χ4n) is 3.42. The predicted octanol–water partition coefficient (Wildman–Crippen LogP) is 3.88. The van der Waals surface area contributed by atoms with Gasteiger partial charge in [-0.15, -0.1) is 11.3 Å². The highest BCUT2D eigenvalue weighted by Gasteiger charge is 2.28. The fourth-order valence-corrected chi connectivity index (χ4v) is 4.34. The van der Waals surface area contributed by atoms with Crippen LogP contribution in [-0.4, -0.2) is 53.3 Å². The second-order valence-electron chi connectivity index (χ2n) is 7.18. The van der Waals surface area contributed by atoms with Crippen LogP contribution in [0.3, 0.4) is 0 Å². The maximum absolute atomic E-state index is 5.49. The predicted molar refractivity (Wildman–Crippen MR) is 108 cm³/mol. The van der Waals surface area contributed by atoms with Crippen LogP contribution in [0.15, 0.2) is 42.0 Å². The van der Waals surface area contributed by atoms with Gasteiger partial charge in [-0.1, -0.05) is 30.3 Å². The van der Waals surface area contributed by atoms with Crippen LogP contribution in [-0.2, 0) is 4.74 Å². The monoisotopic (exact) mass is 368 g/mol. The van der Waals surface area contributed by atoms with Crippen molar-refractivity contribution in [2.75, 3.05) is 38.2 Å². The minimum atomic E-state index is 0.0317. The van der Waals surface area contributed by atoms with Gasteiger partial charge in [-0.05, 0) is 19.4 Å². The van der Waals surface area contributed by atoms with Crippen LogP contribution in [0.4, 0.5) is 5.82 Å². The maximum atomic E-state index is 5.49. The fraction of sp³-hybridized carbons (Fsp3) is 0.400. The molecular weight excluding hydrogens is 344 g/mol. The second kappa shape index (κ2) is 7.31. The molecule has 1 fully saturated rings. The van der Waals surface area contributed by atoms with Gasteiger partial charge in [0.05, 0.1) is 18.6 Å². The molecule has 0 unspecified atom stereocenters. The van der Waals surface area contributed by atoms with E-state index in [-0.39, 0.29) is 5.54 Å². The Morgan fingerprint density at radius 1 is 1.15 bits per heavy atom. The first-order valence-electron chi connectivity index (χ1n) is 8.99. The topological polar surface area (TPSA) is 50.3 Å². The summed E-state index contributed by atoms with van der Waals surface area (Å²) < 4.78 is 5.49. The van der Waals surface area contributed by atoms with Crippen LogP contribution < -0.4 is 5.32 Å². The van der Waals surface area contributed by atoms with Crippen molar-refractivity contribution in [3.05, 3.63) is 42.0 Å². The number of aromatic nitrogens is 2. The third-order valence-electron chi connectivity index (χ3n) is 5.01. The number of morpholine rings is 1. The SMILES string of the molecule is CC(C)(CNc1ncnc2scc(-c3ccccc3)c12)N1CCOCC1. The van der Waals surface area contributed by atoms with Crippen molar-refractivity contribution >= 4 is 27.4 Å². The van der Waals surface area contributed by atoms with Gasteiger partial charge in [0.2, 0.25) is 0 Å². The molecule has 3 heterocycles. The van der Waals surface area contributed by atoms with E-state index in [1.807, 2.05) is 6.07 Å². The Balaban J connectivity index is 1.61. The minimum absolute atomic E-state index is 0.0317. The number of fused-ring (bicyclic) bond motifs is 1. The van der Waals surface area contributed by atoms with Gasteiger partial charge in [0.25, 0.3) is 0 Å². The molecule has 0 bridgehead atoms. The molecule has 0 radical (unpaired) electrons. The molecule has 1 aromatic carbocycles. The van der Waals surface area contributed by atoms with E-state index < -0.39 is 0 Å². The van der Waals surface area contributed by atoms with E-state index in [0.29, 0.717) is 0 Å². The largest absolute Gasteiger partial charge is 0.379 e. The molecule has 5 nitrogen and oxygen atoms in total. The molecule has 0 amide bonds. The second-order valence-corrected chi connectivity index (χ2v) is 8.04. The smallest absolute Gasteiger partial charge is 0.138 e. The van der Waals surface area contributed by atoms with Gasteiger partial charge in [0, 0.05) is 36.1 Å². The van der Waals surface area contributed by atoms with Crippen molar-refractivity contribution in [3.8, 4) is 11.1 Å². The van der Waals surface area contributed by atoms with E-state index in [1.165, 1.54) is 11.1 Å². The van der Waals surface area contributed by atoms with Crippen LogP contribution in [0.25, 0.3) is 21.3 Å². The number of hydrogen-bond acceptors (Lipinski definition) is 6. The summed E-state index contributed by atoms with van der Waals surface area (Å²) in [6.07, 6.45) is 1.65. The molecule has 4 rings (SSSR count). The summed E-state index contributed by atoms with van der Waals surface area (Å²) in [6.45, 7) is 8.94. The van der Waals surface area contributed by atoms with E-state index >= 15 is 0 Å². The number of rotatable bonds is 5. The van der Waals surface area contributed by atoms with Gasteiger partial charge in [0.1, 0.15) is 17.0 Å². The molecule has 0 aliphatic carbocycles. The number of nitrogens with one attached hydrogen (secondary N) is 1. The molecule has 0 saturated carbocycles. The molecule has 136 valence electrons. The molecular formula is C20H24N4OS. The Labute approximate surface area is 158 Å². The van der Waals surface area contributed by atoms with E-state index in [2.05, 4.69) is 63.7 Å².